The van der Waals surface area contributed by atoms with Gasteiger partial charge in [-0.05, 0) is 24.6 Å². The summed E-state index contributed by atoms with van der Waals surface area (Å²) in [6.45, 7) is 5.71. The van der Waals surface area contributed by atoms with Crippen LogP contribution in [0.5, 0.6) is 0 Å². The summed E-state index contributed by atoms with van der Waals surface area (Å²) in [6.07, 6.45) is 1.79. The van der Waals surface area contributed by atoms with Crippen LogP contribution in [0.15, 0.2) is 60.3 Å². The fraction of sp³-hybridized carbons (Fsp3) is 0.320. The summed E-state index contributed by atoms with van der Waals surface area (Å²) in [4.78, 5) is 34.7. The molecule has 5 rings (SSSR count). The summed E-state index contributed by atoms with van der Waals surface area (Å²) in [5.74, 6) is -1.47. The van der Waals surface area contributed by atoms with Crippen molar-refractivity contribution in [3.8, 4) is 0 Å². The first-order chi connectivity index (χ1) is 16.1. The van der Waals surface area contributed by atoms with Crippen molar-refractivity contribution in [2.45, 2.75) is 13.0 Å². The predicted molar refractivity (Wildman–Crippen MR) is 123 cm³/mol. The number of imidazole rings is 1. The van der Waals surface area contributed by atoms with E-state index in [1.807, 2.05) is 48.5 Å². The number of hydrogen-bond donors (Lipinski definition) is 1. The van der Waals surface area contributed by atoms with Crippen LogP contribution in [0.2, 0.25) is 0 Å². The van der Waals surface area contributed by atoms with Crippen LogP contribution >= 0.6 is 0 Å². The summed E-state index contributed by atoms with van der Waals surface area (Å²) in [6, 6.07) is 14.3. The van der Waals surface area contributed by atoms with E-state index < -0.39 is 17.7 Å². The number of aromatic nitrogens is 2. The van der Waals surface area contributed by atoms with E-state index in [-0.39, 0.29) is 11.3 Å². The van der Waals surface area contributed by atoms with Crippen molar-refractivity contribution in [2.24, 2.45) is 0 Å². The summed E-state index contributed by atoms with van der Waals surface area (Å²) >= 11 is 0. The molecule has 33 heavy (non-hydrogen) atoms. The van der Waals surface area contributed by atoms with Crippen molar-refractivity contribution < 1.29 is 19.4 Å². The molecule has 2 fully saturated rings. The van der Waals surface area contributed by atoms with Gasteiger partial charge in [0.1, 0.15) is 11.3 Å². The van der Waals surface area contributed by atoms with Gasteiger partial charge in [-0.2, -0.15) is 0 Å². The molecular formula is C25H26N4O4. The second-order valence-electron chi connectivity index (χ2n) is 8.33. The average molecular weight is 447 g/mol. The molecule has 0 aliphatic carbocycles. The van der Waals surface area contributed by atoms with Crippen molar-refractivity contribution in [1.82, 2.24) is 19.2 Å². The van der Waals surface area contributed by atoms with Crippen molar-refractivity contribution in [3.63, 3.8) is 0 Å². The Balaban J connectivity index is 1.59. The Morgan fingerprint density at radius 1 is 1.06 bits per heavy atom. The molecular weight excluding hydrogens is 420 g/mol. The molecule has 1 N–H and O–H groups in total. The highest BCUT2D eigenvalue weighted by molar-refractivity contribution is 6.46. The summed E-state index contributed by atoms with van der Waals surface area (Å²) < 4.78 is 7.16. The van der Waals surface area contributed by atoms with Crippen molar-refractivity contribution in [1.29, 1.82) is 0 Å². The monoisotopic (exact) mass is 446 g/mol. The molecule has 1 atom stereocenters. The molecule has 3 aromatic rings. The smallest absolute Gasteiger partial charge is 0.295 e. The largest absolute Gasteiger partial charge is 0.505 e. The quantitative estimate of drug-likeness (QED) is 0.368. The molecule has 0 unspecified atom stereocenters. The van der Waals surface area contributed by atoms with Crippen LogP contribution in [0, 0.1) is 6.92 Å². The molecule has 2 saturated heterocycles. The molecule has 0 spiro atoms. The normalized spacial score (nSPS) is 21.2. The topological polar surface area (TPSA) is 87.4 Å². The van der Waals surface area contributed by atoms with E-state index in [2.05, 4.69) is 9.88 Å². The molecule has 0 saturated carbocycles. The van der Waals surface area contributed by atoms with Gasteiger partial charge in [-0.15, -0.1) is 0 Å². The standard InChI is InChI=1S/C25H26N4O4/c1-17-21(28-10-6-5-9-19(28)26-17)23(30)20-22(18-7-3-2-4-8-18)29(25(32)24(20)31)12-11-27-13-15-33-16-14-27/h2-10,22,30H,11-16H2,1H3/b23-20+/t22-/m1/s1. The lowest BCUT2D eigenvalue weighted by Crippen LogP contribution is -2.42. The first-order valence-corrected chi connectivity index (χ1v) is 11.1. The van der Waals surface area contributed by atoms with Gasteiger partial charge in [0.05, 0.1) is 30.5 Å². The lowest BCUT2D eigenvalue weighted by molar-refractivity contribution is -0.140. The van der Waals surface area contributed by atoms with Gasteiger partial charge in [0.2, 0.25) is 0 Å². The van der Waals surface area contributed by atoms with E-state index in [0.29, 0.717) is 43.3 Å². The molecule has 1 amide bonds. The zero-order valence-corrected chi connectivity index (χ0v) is 18.5. The lowest BCUT2D eigenvalue weighted by atomic mass is 9.96. The van der Waals surface area contributed by atoms with Gasteiger partial charge in [0, 0.05) is 32.4 Å². The number of amides is 1. The molecule has 0 bridgehead atoms. The van der Waals surface area contributed by atoms with Crippen LogP contribution in [-0.2, 0) is 14.3 Å². The Labute approximate surface area is 191 Å². The summed E-state index contributed by atoms with van der Waals surface area (Å²) in [5, 5.41) is 11.4. The third-order valence-electron chi connectivity index (χ3n) is 6.34. The number of rotatable bonds is 5. The number of ether oxygens (including phenoxy) is 1. The predicted octanol–water partition coefficient (Wildman–Crippen LogP) is 2.40. The molecule has 2 aliphatic rings. The van der Waals surface area contributed by atoms with Crippen molar-refractivity contribution in [2.75, 3.05) is 39.4 Å². The first kappa shape index (κ1) is 21.4. The number of pyridine rings is 1. The molecule has 2 aromatic heterocycles. The Hall–Kier alpha value is -3.49. The third-order valence-corrected chi connectivity index (χ3v) is 6.34. The summed E-state index contributed by atoms with van der Waals surface area (Å²) in [7, 11) is 0. The van der Waals surface area contributed by atoms with Gasteiger partial charge in [-0.3, -0.25) is 18.9 Å². The molecule has 4 heterocycles. The van der Waals surface area contributed by atoms with E-state index in [1.54, 1.807) is 22.4 Å². The number of hydrogen-bond acceptors (Lipinski definition) is 6. The maximum Gasteiger partial charge on any atom is 0.295 e. The Kier molecular flexibility index (Phi) is 5.70. The van der Waals surface area contributed by atoms with E-state index in [9.17, 15) is 14.7 Å². The van der Waals surface area contributed by atoms with E-state index in [1.165, 1.54) is 0 Å². The van der Waals surface area contributed by atoms with Gasteiger partial charge in [0.15, 0.2) is 5.76 Å². The van der Waals surface area contributed by atoms with E-state index in [4.69, 9.17) is 4.74 Å². The third kappa shape index (κ3) is 3.81. The number of aryl methyl sites for hydroxylation is 1. The highest BCUT2D eigenvalue weighted by Gasteiger charge is 2.46. The maximum atomic E-state index is 13.3. The second-order valence-corrected chi connectivity index (χ2v) is 8.33. The second kappa shape index (κ2) is 8.80. The number of fused-ring (bicyclic) bond motifs is 1. The molecule has 1 aromatic carbocycles. The molecule has 0 radical (unpaired) electrons. The highest BCUT2D eigenvalue weighted by atomic mass is 16.5. The number of aliphatic hydroxyl groups excluding tert-OH is 1. The number of aliphatic hydroxyl groups is 1. The average Bonchev–Trinajstić information content (AvgIpc) is 3.31. The fourth-order valence-corrected chi connectivity index (χ4v) is 4.69. The van der Waals surface area contributed by atoms with Crippen LogP contribution in [0.4, 0.5) is 0 Å². The van der Waals surface area contributed by atoms with E-state index >= 15 is 0 Å². The number of benzene rings is 1. The minimum Gasteiger partial charge on any atom is -0.505 e. The van der Waals surface area contributed by atoms with Gasteiger partial charge < -0.3 is 14.7 Å². The van der Waals surface area contributed by atoms with Gasteiger partial charge in [-0.1, -0.05) is 36.4 Å². The van der Waals surface area contributed by atoms with Gasteiger partial charge >= 0.3 is 0 Å². The Morgan fingerprint density at radius 3 is 2.55 bits per heavy atom. The maximum absolute atomic E-state index is 13.3. The van der Waals surface area contributed by atoms with E-state index in [0.717, 1.165) is 18.7 Å². The Morgan fingerprint density at radius 2 is 1.79 bits per heavy atom. The minimum atomic E-state index is -0.673. The number of morpholine rings is 1. The zero-order chi connectivity index (χ0) is 22.9. The number of likely N-dealkylation sites (tertiary alicyclic amines) is 1. The molecule has 2 aliphatic heterocycles. The number of ketones is 1. The van der Waals surface area contributed by atoms with Crippen LogP contribution in [-0.4, -0.2) is 75.4 Å². The van der Waals surface area contributed by atoms with Gasteiger partial charge in [0.25, 0.3) is 11.7 Å². The summed E-state index contributed by atoms with van der Waals surface area (Å²) in [5.41, 5.74) is 2.56. The number of Topliss-reactive ketones (excluding diaryl/α,β-unsaturated/α-hetero) is 1. The van der Waals surface area contributed by atoms with Crippen molar-refractivity contribution in [3.05, 3.63) is 77.3 Å². The minimum absolute atomic E-state index is 0.0990. The zero-order valence-electron chi connectivity index (χ0n) is 18.5. The SMILES string of the molecule is Cc1nc2ccccn2c1/C(O)=C1\C(=O)C(=O)N(CCN2CCOCC2)[C@@H]1c1ccccc1. The molecule has 170 valence electrons. The fourth-order valence-electron chi connectivity index (χ4n) is 4.69. The highest BCUT2D eigenvalue weighted by Crippen LogP contribution is 2.39. The van der Waals surface area contributed by atoms with Crippen LogP contribution in [0.3, 0.4) is 0 Å². The first-order valence-electron chi connectivity index (χ1n) is 11.1. The molecule has 8 nitrogen and oxygen atoms in total. The van der Waals surface area contributed by atoms with Crippen LogP contribution in [0.25, 0.3) is 11.4 Å². The number of nitrogens with zero attached hydrogens (tertiary/aromatic N) is 4. The lowest BCUT2D eigenvalue weighted by Gasteiger charge is -2.31. The van der Waals surface area contributed by atoms with Crippen LogP contribution < -0.4 is 0 Å². The number of carbonyl (C=O) groups excluding carboxylic acids is 2. The van der Waals surface area contributed by atoms with Gasteiger partial charge in [-0.25, -0.2) is 4.98 Å². The molecule has 8 heteroatoms. The number of carbonyl (C=O) groups is 2. The Bertz CT molecular complexity index is 1230. The van der Waals surface area contributed by atoms with Crippen molar-refractivity contribution >= 4 is 23.1 Å². The van der Waals surface area contributed by atoms with Crippen LogP contribution in [0.1, 0.15) is 23.0 Å².